The average Bonchev–Trinajstić information content (AvgIpc) is 3.11. The normalized spacial score (nSPS) is 11.3. The summed E-state index contributed by atoms with van der Waals surface area (Å²) in [5.74, 6) is 0.958. The largest absolute Gasteiger partial charge is 0.355 e. The Kier molecular flexibility index (Phi) is 10.8. The summed E-state index contributed by atoms with van der Waals surface area (Å²) < 4.78 is 0. The molecule has 0 atom stereocenters. The molecule has 25 heavy (non-hydrogen) atoms. The van der Waals surface area contributed by atoms with Crippen molar-refractivity contribution in [1.29, 1.82) is 0 Å². The molecule has 0 saturated carbocycles. The number of guanidine groups is 1. The van der Waals surface area contributed by atoms with Gasteiger partial charge in [0.2, 0.25) is 0 Å². The maximum absolute atomic E-state index is 4.39. The average molecular weight is 472 g/mol. The minimum absolute atomic E-state index is 0. The van der Waals surface area contributed by atoms with E-state index in [1.807, 2.05) is 18.4 Å². The molecule has 1 aromatic heterocycles. The van der Waals surface area contributed by atoms with Crippen molar-refractivity contribution in [2.24, 2.45) is 4.99 Å². The van der Waals surface area contributed by atoms with Gasteiger partial charge in [0, 0.05) is 45.2 Å². The maximum atomic E-state index is 4.39. The van der Waals surface area contributed by atoms with E-state index in [0.29, 0.717) is 0 Å². The lowest BCUT2D eigenvalue weighted by atomic mass is 10.2. The van der Waals surface area contributed by atoms with Crippen LogP contribution in [0, 0.1) is 0 Å². The molecule has 0 amide bonds. The van der Waals surface area contributed by atoms with Crippen LogP contribution in [0.5, 0.6) is 0 Å². The number of rotatable bonds is 8. The molecule has 2 rings (SSSR count). The number of aliphatic imine (C=N–C) groups is 1. The summed E-state index contributed by atoms with van der Waals surface area (Å²) in [7, 11) is 6.09. The Bertz CT molecular complexity index is 601. The molecule has 138 valence electrons. The van der Waals surface area contributed by atoms with Crippen LogP contribution in [0.15, 0.2) is 52.8 Å². The predicted molar refractivity (Wildman–Crippen MR) is 120 cm³/mol. The van der Waals surface area contributed by atoms with Crippen LogP contribution in [0.25, 0.3) is 0 Å². The van der Waals surface area contributed by atoms with Crippen molar-refractivity contribution in [3.8, 4) is 0 Å². The number of benzene rings is 1. The van der Waals surface area contributed by atoms with E-state index in [-0.39, 0.29) is 24.0 Å². The van der Waals surface area contributed by atoms with Gasteiger partial charge < -0.3 is 15.1 Å². The van der Waals surface area contributed by atoms with Gasteiger partial charge in [-0.25, -0.2) is 0 Å². The van der Waals surface area contributed by atoms with Gasteiger partial charge in [0.25, 0.3) is 0 Å². The van der Waals surface area contributed by atoms with Crippen molar-refractivity contribution < 1.29 is 0 Å². The Morgan fingerprint density at radius 3 is 2.48 bits per heavy atom. The molecule has 0 saturated heterocycles. The fraction of sp³-hybridized carbons (Fsp3) is 0.421. The standard InChI is InChI=1S/C19H28N4S.HI/c1-20-19(23(3)13-11-18-10-7-15-24-18)21-12-14-22(2)16-17-8-5-4-6-9-17;/h4-10,15H,11-14,16H2,1-3H3,(H,20,21);1H. The number of nitrogens with zero attached hydrogens (tertiary/aromatic N) is 3. The van der Waals surface area contributed by atoms with E-state index < -0.39 is 0 Å². The molecule has 0 aliphatic rings. The van der Waals surface area contributed by atoms with Gasteiger partial charge in [-0.05, 0) is 30.5 Å². The van der Waals surface area contributed by atoms with Crippen LogP contribution in [0.1, 0.15) is 10.4 Å². The number of nitrogens with one attached hydrogen (secondary N) is 1. The van der Waals surface area contributed by atoms with Crippen molar-refractivity contribution in [1.82, 2.24) is 15.1 Å². The highest BCUT2D eigenvalue weighted by molar-refractivity contribution is 14.0. The quantitative estimate of drug-likeness (QED) is 0.362. The van der Waals surface area contributed by atoms with Gasteiger partial charge in [0.05, 0.1) is 0 Å². The Morgan fingerprint density at radius 2 is 1.84 bits per heavy atom. The molecule has 2 aromatic rings. The van der Waals surface area contributed by atoms with Crippen molar-refractivity contribution in [2.75, 3.05) is 40.8 Å². The van der Waals surface area contributed by atoms with Crippen molar-refractivity contribution in [2.45, 2.75) is 13.0 Å². The zero-order chi connectivity index (χ0) is 17.2. The molecule has 0 spiro atoms. The minimum Gasteiger partial charge on any atom is -0.355 e. The van der Waals surface area contributed by atoms with E-state index in [1.54, 1.807) is 0 Å². The highest BCUT2D eigenvalue weighted by atomic mass is 127. The Hall–Kier alpha value is -1.12. The zero-order valence-electron chi connectivity index (χ0n) is 15.3. The van der Waals surface area contributed by atoms with Gasteiger partial charge in [0.1, 0.15) is 0 Å². The van der Waals surface area contributed by atoms with Gasteiger partial charge in [-0.1, -0.05) is 36.4 Å². The van der Waals surface area contributed by atoms with Crippen LogP contribution in [0.3, 0.4) is 0 Å². The van der Waals surface area contributed by atoms with Crippen LogP contribution in [0.4, 0.5) is 0 Å². The third-order valence-electron chi connectivity index (χ3n) is 3.92. The SMILES string of the molecule is CN=C(NCCN(C)Cc1ccccc1)N(C)CCc1cccs1.I. The Labute approximate surface area is 173 Å². The highest BCUT2D eigenvalue weighted by Gasteiger charge is 2.07. The van der Waals surface area contributed by atoms with E-state index in [2.05, 4.69) is 82.0 Å². The fourth-order valence-corrected chi connectivity index (χ4v) is 3.25. The van der Waals surface area contributed by atoms with Gasteiger partial charge in [0.15, 0.2) is 5.96 Å². The van der Waals surface area contributed by atoms with Crippen molar-refractivity contribution in [3.63, 3.8) is 0 Å². The molecule has 1 heterocycles. The number of thiophene rings is 1. The summed E-state index contributed by atoms with van der Waals surface area (Å²) in [4.78, 5) is 10.3. The first-order chi connectivity index (χ1) is 11.7. The molecule has 0 aliphatic carbocycles. The van der Waals surface area contributed by atoms with E-state index in [0.717, 1.165) is 38.6 Å². The summed E-state index contributed by atoms with van der Waals surface area (Å²) in [6.07, 6.45) is 1.06. The van der Waals surface area contributed by atoms with E-state index in [4.69, 9.17) is 0 Å². The van der Waals surface area contributed by atoms with Gasteiger partial charge in [-0.3, -0.25) is 4.99 Å². The molecule has 6 heteroatoms. The second-order valence-corrected chi connectivity index (χ2v) is 6.98. The molecule has 0 bridgehead atoms. The maximum Gasteiger partial charge on any atom is 0.193 e. The summed E-state index contributed by atoms with van der Waals surface area (Å²) in [6, 6.07) is 14.9. The first-order valence-corrected chi connectivity index (χ1v) is 9.23. The third kappa shape index (κ3) is 8.20. The molecular formula is C19H29IN4S. The van der Waals surface area contributed by atoms with Crippen LogP contribution in [0.2, 0.25) is 0 Å². The van der Waals surface area contributed by atoms with Gasteiger partial charge in [-0.15, -0.1) is 35.3 Å². The topological polar surface area (TPSA) is 30.9 Å². The lowest BCUT2D eigenvalue weighted by Crippen LogP contribution is -2.42. The molecule has 1 aromatic carbocycles. The predicted octanol–water partition coefficient (Wildman–Crippen LogP) is 3.55. The van der Waals surface area contributed by atoms with Crippen LogP contribution >= 0.6 is 35.3 Å². The second kappa shape index (κ2) is 12.3. The zero-order valence-corrected chi connectivity index (χ0v) is 18.5. The monoisotopic (exact) mass is 472 g/mol. The lowest BCUT2D eigenvalue weighted by molar-refractivity contribution is 0.329. The van der Waals surface area contributed by atoms with E-state index >= 15 is 0 Å². The van der Waals surface area contributed by atoms with Crippen LogP contribution in [-0.2, 0) is 13.0 Å². The molecule has 0 radical (unpaired) electrons. The first kappa shape index (κ1) is 21.9. The summed E-state index contributed by atoms with van der Waals surface area (Å²) in [5, 5.41) is 5.58. The van der Waals surface area contributed by atoms with Gasteiger partial charge in [-0.2, -0.15) is 0 Å². The summed E-state index contributed by atoms with van der Waals surface area (Å²) in [5.41, 5.74) is 1.34. The van der Waals surface area contributed by atoms with Crippen molar-refractivity contribution >= 4 is 41.3 Å². The van der Waals surface area contributed by atoms with Gasteiger partial charge >= 0.3 is 0 Å². The summed E-state index contributed by atoms with van der Waals surface area (Å²) in [6.45, 7) is 3.81. The molecule has 1 N–H and O–H groups in total. The number of likely N-dealkylation sites (N-methyl/N-ethyl adjacent to an activating group) is 2. The number of hydrogen-bond donors (Lipinski definition) is 1. The Balaban J connectivity index is 0.00000312. The summed E-state index contributed by atoms with van der Waals surface area (Å²) >= 11 is 1.81. The number of hydrogen-bond acceptors (Lipinski definition) is 3. The minimum atomic E-state index is 0. The fourth-order valence-electron chi connectivity index (χ4n) is 2.56. The van der Waals surface area contributed by atoms with Crippen molar-refractivity contribution in [3.05, 3.63) is 58.3 Å². The molecule has 0 unspecified atom stereocenters. The molecule has 0 fully saturated rings. The van der Waals surface area contributed by atoms with Crippen LogP contribution < -0.4 is 5.32 Å². The lowest BCUT2D eigenvalue weighted by Gasteiger charge is -2.23. The molecule has 0 aliphatic heterocycles. The Morgan fingerprint density at radius 1 is 1.08 bits per heavy atom. The number of halogens is 1. The first-order valence-electron chi connectivity index (χ1n) is 8.35. The smallest absolute Gasteiger partial charge is 0.193 e. The van der Waals surface area contributed by atoms with E-state index in [1.165, 1.54) is 10.4 Å². The second-order valence-electron chi connectivity index (χ2n) is 5.95. The highest BCUT2D eigenvalue weighted by Crippen LogP contribution is 2.09. The van der Waals surface area contributed by atoms with E-state index in [9.17, 15) is 0 Å². The third-order valence-corrected chi connectivity index (χ3v) is 4.86. The molecular weight excluding hydrogens is 443 g/mol. The molecule has 4 nitrogen and oxygen atoms in total. The van der Waals surface area contributed by atoms with Crippen LogP contribution in [-0.4, -0.2) is 56.5 Å².